The molecule has 4 rings (SSSR count). The van der Waals surface area contributed by atoms with Crippen molar-refractivity contribution in [2.24, 2.45) is 0 Å². The van der Waals surface area contributed by atoms with Crippen LogP contribution in [0, 0.1) is 0 Å². The summed E-state index contributed by atoms with van der Waals surface area (Å²) < 4.78 is 7.48. The van der Waals surface area contributed by atoms with Crippen LogP contribution in [-0.4, -0.2) is 9.55 Å². The first-order chi connectivity index (χ1) is 13.5. The predicted molar refractivity (Wildman–Crippen MR) is 112 cm³/mol. The number of hydrogen-bond donors (Lipinski definition) is 2. The Kier molecular flexibility index (Phi) is 4.45. The van der Waals surface area contributed by atoms with E-state index in [2.05, 4.69) is 0 Å². The van der Waals surface area contributed by atoms with Gasteiger partial charge in [0, 0.05) is 23.5 Å². The van der Waals surface area contributed by atoms with Crippen molar-refractivity contribution in [2.45, 2.75) is 13.5 Å². The molecule has 0 aliphatic heterocycles. The molecule has 0 aliphatic carbocycles. The predicted octanol–water partition coefficient (Wildman–Crippen LogP) is 4.04. The molecule has 6 nitrogen and oxygen atoms in total. The van der Waals surface area contributed by atoms with E-state index >= 15 is 0 Å². The quantitative estimate of drug-likeness (QED) is 0.527. The molecule has 28 heavy (non-hydrogen) atoms. The van der Waals surface area contributed by atoms with Gasteiger partial charge in [-0.3, -0.25) is 9.36 Å². The Morgan fingerprint density at radius 2 is 1.50 bits per heavy atom. The fourth-order valence-electron chi connectivity index (χ4n) is 3.10. The molecule has 0 unspecified atom stereocenters. The Balaban J connectivity index is 1.72. The van der Waals surface area contributed by atoms with Crippen LogP contribution < -0.4 is 21.8 Å². The lowest BCUT2D eigenvalue weighted by atomic mass is 10.1. The summed E-state index contributed by atoms with van der Waals surface area (Å²) >= 11 is 0. The summed E-state index contributed by atoms with van der Waals surface area (Å²) in [6, 6.07) is 19.9. The molecule has 3 aromatic carbocycles. The Bertz CT molecular complexity index is 1200. The molecular weight excluding hydrogens is 352 g/mol. The van der Waals surface area contributed by atoms with Crippen molar-refractivity contribution in [1.29, 1.82) is 0 Å². The van der Waals surface area contributed by atoms with Gasteiger partial charge >= 0.3 is 0 Å². The lowest BCUT2D eigenvalue weighted by molar-refractivity contribution is 0.483. The highest BCUT2D eigenvalue weighted by atomic mass is 16.5. The van der Waals surface area contributed by atoms with Gasteiger partial charge in [0.1, 0.15) is 17.3 Å². The van der Waals surface area contributed by atoms with Crippen molar-refractivity contribution in [3.63, 3.8) is 0 Å². The topological polar surface area (TPSA) is 96.2 Å². The molecule has 0 bridgehead atoms. The van der Waals surface area contributed by atoms with Crippen LogP contribution in [-0.2, 0) is 6.54 Å². The standard InChI is InChI=1S/C22H20N4O2/c1-2-26-21(25-20-12-7-16(24)13-19(20)22(26)27)14-3-8-17(9-4-14)28-18-10-5-15(23)6-11-18/h3-13H,2,23-24H2,1H3. The molecule has 0 atom stereocenters. The van der Waals surface area contributed by atoms with Crippen molar-refractivity contribution >= 4 is 22.3 Å². The third-order valence-corrected chi connectivity index (χ3v) is 4.52. The van der Waals surface area contributed by atoms with Crippen LogP contribution in [0.1, 0.15) is 6.92 Å². The highest BCUT2D eigenvalue weighted by molar-refractivity contribution is 5.82. The van der Waals surface area contributed by atoms with Crippen molar-refractivity contribution in [1.82, 2.24) is 9.55 Å². The van der Waals surface area contributed by atoms with E-state index in [1.54, 1.807) is 34.9 Å². The minimum Gasteiger partial charge on any atom is -0.457 e. The summed E-state index contributed by atoms with van der Waals surface area (Å²) in [5, 5.41) is 0.522. The number of fused-ring (bicyclic) bond motifs is 1. The second-order valence-electron chi connectivity index (χ2n) is 6.46. The van der Waals surface area contributed by atoms with Crippen LogP contribution in [0.2, 0.25) is 0 Å². The van der Waals surface area contributed by atoms with Gasteiger partial charge in [0.2, 0.25) is 0 Å². The van der Waals surface area contributed by atoms with E-state index in [1.165, 1.54) is 0 Å². The summed E-state index contributed by atoms with van der Waals surface area (Å²) in [7, 11) is 0. The molecule has 0 amide bonds. The number of nitrogens with zero attached hydrogens (tertiary/aromatic N) is 2. The van der Waals surface area contributed by atoms with E-state index < -0.39 is 0 Å². The number of hydrogen-bond acceptors (Lipinski definition) is 5. The molecule has 0 fully saturated rings. The number of benzene rings is 3. The molecule has 0 saturated carbocycles. The lowest BCUT2D eigenvalue weighted by Gasteiger charge is -2.13. The smallest absolute Gasteiger partial charge is 0.261 e. The number of ether oxygens (including phenoxy) is 1. The number of nitrogens with two attached hydrogens (primary N) is 2. The third kappa shape index (κ3) is 3.27. The van der Waals surface area contributed by atoms with Gasteiger partial charge in [-0.1, -0.05) is 0 Å². The fraction of sp³-hybridized carbons (Fsp3) is 0.0909. The van der Waals surface area contributed by atoms with Crippen LogP contribution in [0.15, 0.2) is 71.5 Å². The first-order valence-electron chi connectivity index (χ1n) is 8.99. The first-order valence-corrected chi connectivity index (χ1v) is 8.99. The maximum atomic E-state index is 12.9. The summed E-state index contributed by atoms with van der Waals surface area (Å²) in [6.07, 6.45) is 0. The van der Waals surface area contributed by atoms with Gasteiger partial charge in [-0.05, 0) is 73.7 Å². The van der Waals surface area contributed by atoms with Gasteiger partial charge in [0.05, 0.1) is 10.9 Å². The minimum atomic E-state index is -0.1000. The highest BCUT2D eigenvalue weighted by Crippen LogP contribution is 2.26. The molecule has 0 saturated heterocycles. The number of anilines is 2. The number of nitrogen functional groups attached to an aromatic ring is 2. The van der Waals surface area contributed by atoms with E-state index in [-0.39, 0.29) is 5.56 Å². The average Bonchev–Trinajstić information content (AvgIpc) is 2.71. The van der Waals surface area contributed by atoms with Crippen LogP contribution in [0.25, 0.3) is 22.3 Å². The van der Waals surface area contributed by atoms with Gasteiger partial charge in [-0.15, -0.1) is 0 Å². The molecular formula is C22H20N4O2. The molecule has 140 valence electrons. The monoisotopic (exact) mass is 372 g/mol. The number of aromatic nitrogens is 2. The second-order valence-corrected chi connectivity index (χ2v) is 6.46. The first kappa shape index (κ1) is 17.6. The van der Waals surface area contributed by atoms with Gasteiger partial charge in [0.15, 0.2) is 0 Å². The van der Waals surface area contributed by atoms with Crippen LogP contribution in [0.5, 0.6) is 11.5 Å². The molecule has 0 radical (unpaired) electrons. The molecule has 4 aromatic rings. The third-order valence-electron chi connectivity index (χ3n) is 4.52. The van der Waals surface area contributed by atoms with Gasteiger partial charge in [0.25, 0.3) is 5.56 Å². The van der Waals surface area contributed by atoms with E-state index in [0.29, 0.717) is 46.1 Å². The zero-order valence-corrected chi connectivity index (χ0v) is 15.4. The number of rotatable bonds is 4. The SMILES string of the molecule is CCn1c(-c2ccc(Oc3ccc(N)cc3)cc2)nc2ccc(N)cc2c1=O. The largest absolute Gasteiger partial charge is 0.457 e. The average molecular weight is 372 g/mol. The van der Waals surface area contributed by atoms with Gasteiger partial charge < -0.3 is 16.2 Å². The zero-order chi connectivity index (χ0) is 19.7. The minimum absolute atomic E-state index is 0.1000. The Labute approximate surface area is 162 Å². The zero-order valence-electron chi connectivity index (χ0n) is 15.4. The van der Waals surface area contributed by atoms with Gasteiger partial charge in [-0.25, -0.2) is 4.98 Å². The van der Waals surface area contributed by atoms with Crippen LogP contribution in [0.3, 0.4) is 0 Å². The Morgan fingerprint density at radius 3 is 2.14 bits per heavy atom. The van der Waals surface area contributed by atoms with Crippen molar-refractivity contribution < 1.29 is 4.74 Å². The maximum absolute atomic E-state index is 12.9. The summed E-state index contributed by atoms with van der Waals surface area (Å²) in [5.41, 5.74) is 14.1. The summed E-state index contributed by atoms with van der Waals surface area (Å²) in [6.45, 7) is 2.43. The van der Waals surface area contributed by atoms with Gasteiger partial charge in [-0.2, -0.15) is 0 Å². The van der Waals surface area contributed by atoms with Crippen LogP contribution in [0.4, 0.5) is 11.4 Å². The summed E-state index contributed by atoms with van der Waals surface area (Å²) in [5.74, 6) is 2.00. The highest BCUT2D eigenvalue weighted by Gasteiger charge is 2.12. The molecule has 0 aliphatic rings. The van der Waals surface area contributed by atoms with Crippen molar-refractivity contribution in [3.8, 4) is 22.9 Å². The molecule has 1 aromatic heterocycles. The fourth-order valence-corrected chi connectivity index (χ4v) is 3.10. The van der Waals surface area contributed by atoms with E-state index in [1.807, 2.05) is 43.3 Å². The van der Waals surface area contributed by atoms with Crippen LogP contribution >= 0.6 is 0 Å². The Hall–Kier alpha value is -3.80. The van der Waals surface area contributed by atoms with Crippen molar-refractivity contribution in [2.75, 3.05) is 11.5 Å². The maximum Gasteiger partial charge on any atom is 0.261 e. The Morgan fingerprint density at radius 1 is 0.893 bits per heavy atom. The lowest BCUT2D eigenvalue weighted by Crippen LogP contribution is -2.22. The second kappa shape index (κ2) is 7.08. The normalized spacial score (nSPS) is 10.9. The molecule has 0 spiro atoms. The summed E-state index contributed by atoms with van der Waals surface area (Å²) in [4.78, 5) is 17.6. The van der Waals surface area contributed by atoms with E-state index in [9.17, 15) is 4.79 Å². The van der Waals surface area contributed by atoms with Crippen molar-refractivity contribution in [3.05, 3.63) is 77.1 Å². The van der Waals surface area contributed by atoms with E-state index in [4.69, 9.17) is 21.2 Å². The molecule has 1 heterocycles. The van der Waals surface area contributed by atoms with E-state index in [0.717, 1.165) is 5.56 Å². The molecule has 4 N–H and O–H groups in total. The molecule has 6 heteroatoms.